The largest absolute Gasteiger partial charge is 0.263 e. The first kappa shape index (κ1) is 12.7. The highest BCUT2D eigenvalue weighted by Crippen LogP contribution is 2.18. The van der Waals surface area contributed by atoms with Crippen LogP contribution in [-0.4, -0.2) is 14.2 Å². The van der Waals surface area contributed by atoms with Crippen molar-refractivity contribution in [3.05, 3.63) is 72.0 Å². The fraction of sp³-hybridized carbons (Fsp3) is 0. The minimum atomic E-state index is -1.19. The average Bonchev–Trinajstić information content (AvgIpc) is 2.53. The van der Waals surface area contributed by atoms with Gasteiger partial charge in [0.2, 0.25) is 0 Å². The fourth-order valence-electron chi connectivity index (χ4n) is 1.94. The van der Waals surface area contributed by atoms with Crippen molar-refractivity contribution in [2.24, 2.45) is 0 Å². The number of hydrogen-bond donors (Lipinski definition) is 0. The first-order valence-corrected chi connectivity index (χ1v) is 7.38. The lowest BCUT2D eigenvalue weighted by Crippen LogP contribution is -1.87. The molecule has 0 radical (unpaired) electrons. The Hall–Kier alpha value is -2.33. The van der Waals surface area contributed by atoms with E-state index in [2.05, 4.69) is 9.97 Å². The van der Waals surface area contributed by atoms with E-state index in [4.69, 9.17) is 0 Å². The number of rotatable bonds is 3. The third-order valence-corrected chi connectivity index (χ3v) is 4.01. The number of pyridine rings is 2. The Balaban J connectivity index is 1.94. The van der Waals surface area contributed by atoms with Gasteiger partial charge in [-0.15, -0.1) is 0 Å². The second kappa shape index (κ2) is 5.75. The maximum atomic E-state index is 12.1. The number of para-hydroxylation sites is 1. The van der Waals surface area contributed by atoms with Crippen molar-refractivity contribution in [1.82, 2.24) is 9.97 Å². The zero-order valence-electron chi connectivity index (χ0n) is 10.6. The predicted octanol–water partition coefficient (Wildman–Crippen LogP) is 3.41. The average molecular weight is 280 g/mol. The summed E-state index contributed by atoms with van der Waals surface area (Å²) in [6.07, 6.45) is 6.91. The molecule has 2 aromatic heterocycles. The summed E-state index contributed by atoms with van der Waals surface area (Å²) in [5.41, 5.74) is 1.94. The van der Waals surface area contributed by atoms with Crippen molar-refractivity contribution in [1.29, 1.82) is 0 Å². The molecule has 0 N–H and O–H groups in total. The zero-order valence-corrected chi connectivity index (χ0v) is 11.5. The Bertz CT molecular complexity index is 779. The molecule has 20 heavy (non-hydrogen) atoms. The maximum absolute atomic E-state index is 12.1. The van der Waals surface area contributed by atoms with Gasteiger partial charge in [0.1, 0.15) is 0 Å². The van der Waals surface area contributed by atoms with Crippen molar-refractivity contribution in [2.45, 2.75) is 4.90 Å². The molecule has 0 fully saturated rings. The molecule has 0 aliphatic rings. The van der Waals surface area contributed by atoms with Gasteiger partial charge in [0.15, 0.2) is 0 Å². The summed E-state index contributed by atoms with van der Waals surface area (Å²) in [5, 5.41) is 2.73. The summed E-state index contributed by atoms with van der Waals surface area (Å²) < 4.78 is 12.1. The normalized spacial score (nSPS) is 12.8. The number of nitrogens with zero attached hydrogens (tertiary/aromatic N) is 2. The van der Waals surface area contributed by atoms with E-state index >= 15 is 0 Å². The highest BCUT2D eigenvalue weighted by atomic mass is 32.2. The Morgan fingerprint density at radius 3 is 2.75 bits per heavy atom. The quantitative estimate of drug-likeness (QED) is 0.738. The lowest BCUT2D eigenvalue weighted by Gasteiger charge is -2.00. The number of benzene rings is 1. The van der Waals surface area contributed by atoms with Crippen LogP contribution in [0.4, 0.5) is 0 Å². The second-order valence-electron chi connectivity index (χ2n) is 4.21. The highest BCUT2D eigenvalue weighted by Gasteiger charge is 2.01. The third kappa shape index (κ3) is 2.65. The molecular weight excluding hydrogens is 268 g/mol. The Morgan fingerprint density at radius 1 is 1.00 bits per heavy atom. The topological polar surface area (TPSA) is 42.9 Å². The Labute approximate surface area is 119 Å². The van der Waals surface area contributed by atoms with Gasteiger partial charge in [0.05, 0.1) is 21.2 Å². The van der Waals surface area contributed by atoms with Crippen LogP contribution in [0, 0.1) is 0 Å². The molecule has 0 amide bonds. The number of hydrogen-bond acceptors (Lipinski definition) is 3. The van der Waals surface area contributed by atoms with Gasteiger partial charge >= 0.3 is 0 Å². The van der Waals surface area contributed by atoms with Gasteiger partial charge < -0.3 is 0 Å². The van der Waals surface area contributed by atoms with Crippen molar-refractivity contribution in [2.75, 3.05) is 0 Å². The van der Waals surface area contributed by atoms with E-state index in [0.29, 0.717) is 4.90 Å². The molecule has 2 heterocycles. The van der Waals surface area contributed by atoms with Gasteiger partial charge in [0.25, 0.3) is 0 Å². The molecule has 1 aromatic carbocycles. The molecule has 1 atom stereocenters. The summed E-state index contributed by atoms with van der Waals surface area (Å²) in [5.74, 6) is 0. The molecule has 3 nitrogen and oxygen atoms in total. The SMILES string of the molecule is O=S(/C=C\c1ccnc2ccccc12)c1cccnc1. The third-order valence-electron chi connectivity index (χ3n) is 2.92. The minimum absolute atomic E-state index is 0.696. The van der Waals surface area contributed by atoms with Crippen LogP contribution < -0.4 is 0 Å². The van der Waals surface area contributed by atoms with Crippen LogP contribution >= 0.6 is 0 Å². The molecule has 3 aromatic rings. The van der Waals surface area contributed by atoms with Crippen molar-refractivity contribution in [3.8, 4) is 0 Å². The molecule has 4 heteroatoms. The first-order valence-electron chi connectivity index (χ1n) is 6.17. The van der Waals surface area contributed by atoms with Gasteiger partial charge in [-0.2, -0.15) is 0 Å². The van der Waals surface area contributed by atoms with Gasteiger partial charge in [-0.3, -0.25) is 9.97 Å². The number of fused-ring (bicyclic) bond motifs is 1. The molecule has 3 rings (SSSR count). The van der Waals surface area contributed by atoms with E-state index in [-0.39, 0.29) is 0 Å². The van der Waals surface area contributed by atoms with E-state index in [1.54, 1.807) is 36.1 Å². The lowest BCUT2D eigenvalue weighted by molar-refractivity contribution is 0.688. The molecule has 0 bridgehead atoms. The van der Waals surface area contributed by atoms with E-state index in [9.17, 15) is 4.21 Å². The lowest BCUT2D eigenvalue weighted by atomic mass is 10.1. The highest BCUT2D eigenvalue weighted by molar-refractivity contribution is 7.88. The monoisotopic (exact) mass is 280 g/mol. The van der Waals surface area contributed by atoms with Crippen LogP contribution in [0.1, 0.15) is 5.56 Å². The van der Waals surface area contributed by atoms with Gasteiger partial charge in [-0.1, -0.05) is 18.2 Å². The maximum Gasteiger partial charge on any atom is 0.0791 e. The molecule has 0 saturated heterocycles. The van der Waals surface area contributed by atoms with E-state index in [1.165, 1.54) is 0 Å². The van der Waals surface area contributed by atoms with Crippen LogP contribution in [0.25, 0.3) is 17.0 Å². The summed E-state index contributed by atoms with van der Waals surface area (Å²) >= 11 is 0. The standard InChI is InChI=1S/C16H12N2OS/c19-20(14-4-3-9-17-12-14)11-8-13-7-10-18-16-6-2-1-5-15(13)16/h1-12H/b11-8-. The van der Waals surface area contributed by atoms with Crippen LogP contribution in [0.5, 0.6) is 0 Å². The molecule has 0 saturated carbocycles. The molecule has 0 aliphatic heterocycles. The van der Waals surface area contributed by atoms with Crippen LogP contribution in [0.15, 0.2) is 71.4 Å². The van der Waals surface area contributed by atoms with Gasteiger partial charge in [0, 0.05) is 29.4 Å². The zero-order chi connectivity index (χ0) is 13.8. The Kier molecular flexibility index (Phi) is 3.65. The minimum Gasteiger partial charge on any atom is -0.263 e. The van der Waals surface area contributed by atoms with E-state index < -0.39 is 10.8 Å². The molecule has 0 aliphatic carbocycles. The van der Waals surface area contributed by atoms with Gasteiger partial charge in [-0.25, -0.2) is 4.21 Å². The van der Waals surface area contributed by atoms with Crippen LogP contribution in [0.2, 0.25) is 0 Å². The van der Waals surface area contributed by atoms with Crippen LogP contribution in [-0.2, 0) is 10.8 Å². The first-order chi connectivity index (χ1) is 9.84. The van der Waals surface area contributed by atoms with Crippen LogP contribution in [0.3, 0.4) is 0 Å². The summed E-state index contributed by atoms with van der Waals surface area (Å²) in [6, 6.07) is 13.4. The van der Waals surface area contributed by atoms with Gasteiger partial charge in [-0.05, 0) is 35.9 Å². The summed E-state index contributed by atoms with van der Waals surface area (Å²) in [6.45, 7) is 0. The van der Waals surface area contributed by atoms with E-state index in [0.717, 1.165) is 16.5 Å². The smallest absolute Gasteiger partial charge is 0.0791 e. The summed E-state index contributed by atoms with van der Waals surface area (Å²) in [7, 11) is -1.19. The van der Waals surface area contributed by atoms with Crippen molar-refractivity contribution in [3.63, 3.8) is 0 Å². The summed E-state index contributed by atoms with van der Waals surface area (Å²) in [4.78, 5) is 8.98. The number of aromatic nitrogens is 2. The molecular formula is C16H12N2OS. The van der Waals surface area contributed by atoms with Crippen molar-refractivity contribution < 1.29 is 4.21 Å². The van der Waals surface area contributed by atoms with E-state index in [1.807, 2.05) is 36.4 Å². The molecule has 98 valence electrons. The predicted molar refractivity (Wildman–Crippen MR) is 81.4 cm³/mol. The van der Waals surface area contributed by atoms with Crippen molar-refractivity contribution >= 4 is 27.8 Å². The second-order valence-corrected chi connectivity index (χ2v) is 5.54. The molecule has 1 unspecified atom stereocenters. The fourth-order valence-corrected chi connectivity index (χ4v) is 2.75. The Morgan fingerprint density at radius 2 is 1.90 bits per heavy atom. The molecule has 0 spiro atoms.